The molecule has 0 spiro atoms. The maximum atomic E-state index is 6.22. The zero-order valence-electron chi connectivity index (χ0n) is 12.1. The summed E-state index contributed by atoms with van der Waals surface area (Å²) >= 11 is 0. The van der Waals surface area contributed by atoms with Crippen LogP contribution in [0.2, 0.25) is 0 Å². The molecule has 2 N–H and O–H groups in total. The first-order valence-corrected chi connectivity index (χ1v) is 6.52. The molecule has 1 aromatic heterocycles. The van der Waals surface area contributed by atoms with Crippen molar-refractivity contribution >= 4 is 5.82 Å². The topological polar surface area (TPSA) is 53.1 Å². The average molecular weight is 269 g/mol. The van der Waals surface area contributed by atoms with Gasteiger partial charge in [-0.25, -0.2) is 4.98 Å². The standard InChI is InChI=1S/C16H19N3O/c1-5-9-19-15(17)14(18-16(19)11(2)3)12-7-6-8-13(10-12)20-4/h1,6-8,10-11H,9,17H2,2-4H3. The summed E-state index contributed by atoms with van der Waals surface area (Å²) in [6.45, 7) is 4.57. The van der Waals surface area contributed by atoms with E-state index in [4.69, 9.17) is 16.9 Å². The van der Waals surface area contributed by atoms with Crippen LogP contribution >= 0.6 is 0 Å². The van der Waals surface area contributed by atoms with E-state index in [1.165, 1.54) is 0 Å². The molecule has 0 saturated carbocycles. The van der Waals surface area contributed by atoms with Crippen LogP contribution in [-0.2, 0) is 6.54 Å². The van der Waals surface area contributed by atoms with E-state index in [1.54, 1.807) is 7.11 Å². The number of nitrogens with zero attached hydrogens (tertiary/aromatic N) is 2. The number of nitrogen functional groups attached to an aromatic ring is 1. The summed E-state index contributed by atoms with van der Waals surface area (Å²) in [5.41, 5.74) is 7.90. The fourth-order valence-corrected chi connectivity index (χ4v) is 2.16. The second-order valence-corrected chi connectivity index (χ2v) is 4.88. The van der Waals surface area contributed by atoms with Crippen molar-refractivity contribution in [1.29, 1.82) is 0 Å². The first kappa shape index (κ1) is 14.0. The minimum absolute atomic E-state index is 0.255. The number of rotatable bonds is 4. The lowest BCUT2D eigenvalue weighted by atomic mass is 10.1. The third kappa shape index (κ3) is 2.48. The molecular formula is C16H19N3O. The second-order valence-electron chi connectivity index (χ2n) is 4.88. The maximum Gasteiger partial charge on any atom is 0.132 e. The molecular weight excluding hydrogens is 250 g/mol. The zero-order valence-corrected chi connectivity index (χ0v) is 12.1. The molecule has 1 aromatic carbocycles. The van der Waals surface area contributed by atoms with Crippen molar-refractivity contribution < 1.29 is 4.74 Å². The second kappa shape index (κ2) is 5.70. The Morgan fingerprint density at radius 1 is 1.45 bits per heavy atom. The Bertz CT molecular complexity index is 650. The number of aromatic nitrogens is 2. The van der Waals surface area contributed by atoms with Gasteiger partial charge in [0.1, 0.15) is 23.1 Å². The van der Waals surface area contributed by atoms with Gasteiger partial charge >= 0.3 is 0 Å². The molecule has 0 bridgehead atoms. The first-order chi connectivity index (χ1) is 9.58. The lowest BCUT2D eigenvalue weighted by Gasteiger charge is -2.08. The number of hydrogen-bond acceptors (Lipinski definition) is 3. The van der Waals surface area contributed by atoms with Gasteiger partial charge in [-0.1, -0.05) is 31.9 Å². The highest BCUT2D eigenvalue weighted by Gasteiger charge is 2.18. The van der Waals surface area contributed by atoms with Crippen LogP contribution in [0.25, 0.3) is 11.3 Å². The summed E-state index contributed by atoms with van der Waals surface area (Å²) < 4.78 is 7.13. The zero-order chi connectivity index (χ0) is 14.7. The maximum absolute atomic E-state index is 6.22. The fourth-order valence-electron chi connectivity index (χ4n) is 2.16. The molecule has 0 aliphatic heterocycles. The highest BCUT2D eigenvalue weighted by Crippen LogP contribution is 2.31. The van der Waals surface area contributed by atoms with E-state index in [0.717, 1.165) is 22.8 Å². The SMILES string of the molecule is C#CCn1c(C(C)C)nc(-c2cccc(OC)c2)c1N. The molecule has 1 heterocycles. The van der Waals surface area contributed by atoms with Crippen molar-refractivity contribution in [3.63, 3.8) is 0 Å². The highest BCUT2D eigenvalue weighted by atomic mass is 16.5. The van der Waals surface area contributed by atoms with Crippen molar-refractivity contribution in [2.45, 2.75) is 26.3 Å². The minimum atomic E-state index is 0.255. The Kier molecular flexibility index (Phi) is 3.99. The molecule has 0 radical (unpaired) electrons. The number of hydrogen-bond donors (Lipinski definition) is 1. The summed E-state index contributed by atoms with van der Waals surface area (Å²) in [4.78, 5) is 4.66. The molecule has 0 atom stereocenters. The normalized spacial score (nSPS) is 10.6. The molecule has 0 unspecified atom stereocenters. The number of nitrogens with two attached hydrogens (primary N) is 1. The lowest BCUT2D eigenvalue weighted by Crippen LogP contribution is -2.07. The van der Waals surface area contributed by atoms with E-state index in [2.05, 4.69) is 24.8 Å². The van der Waals surface area contributed by atoms with Gasteiger partial charge in [0.2, 0.25) is 0 Å². The summed E-state index contributed by atoms with van der Waals surface area (Å²) in [5.74, 6) is 5.16. The van der Waals surface area contributed by atoms with Gasteiger partial charge in [-0.15, -0.1) is 6.42 Å². The molecule has 20 heavy (non-hydrogen) atoms. The van der Waals surface area contributed by atoms with Crippen molar-refractivity contribution in [3.8, 4) is 29.4 Å². The van der Waals surface area contributed by atoms with E-state index >= 15 is 0 Å². The largest absolute Gasteiger partial charge is 0.497 e. The molecule has 0 aliphatic carbocycles. The molecule has 0 fully saturated rings. The van der Waals surface area contributed by atoms with Crippen LogP contribution in [0, 0.1) is 12.3 Å². The number of imidazole rings is 1. The third-order valence-corrected chi connectivity index (χ3v) is 3.15. The van der Waals surface area contributed by atoms with Gasteiger partial charge in [0, 0.05) is 11.5 Å². The Hall–Kier alpha value is -2.41. The summed E-state index contributed by atoms with van der Waals surface area (Å²) in [6, 6.07) is 7.69. The van der Waals surface area contributed by atoms with E-state index in [1.807, 2.05) is 28.8 Å². The number of terminal acetylenes is 1. The molecule has 2 rings (SSSR count). The smallest absolute Gasteiger partial charge is 0.132 e. The number of benzene rings is 1. The van der Waals surface area contributed by atoms with E-state index in [0.29, 0.717) is 12.4 Å². The lowest BCUT2D eigenvalue weighted by molar-refractivity contribution is 0.415. The third-order valence-electron chi connectivity index (χ3n) is 3.15. The highest BCUT2D eigenvalue weighted by molar-refractivity contribution is 5.72. The van der Waals surface area contributed by atoms with Crippen molar-refractivity contribution in [1.82, 2.24) is 9.55 Å². The molecule has 0 aliphatic rings. The number of ether oxygens (including phenoxy) is 1. The van der Waals surface area contributed by atoms with Gasteiger partial charge in [0.05, 0.1) is 13.7 Å². The molecule has 4 heteroatoms. The Labute approximate surface area is 119 Å². The number of methoxy groups -OCH3 is 1. The number of anilines is 1. The van der Waals surface area contributed by atoms with Crippen LogP contribution < -0.4 is 10.5 Å². The Morgan fingerprint density at radius 2 is 2.20 bits per heavy atom. The average Bonchev–Trinajstić information content (AvgIpc) is 2.77. The Morgan fingerprint density at radius 3 is 2.80 bits per heavy atom. The van der Waals surface area contributed by atoms with Crippen molar-refractivity contribution in [3.05, 3.63) is 30.1 Å². The van der Waals surface area contributed by atoms with Gasteiger partial charge in [-0.2, -0.15) is 0 Å². The van der Waals surface area contributed by atoms with E-state index in [9.17, 15) is 0 Å². The van der Waals surface area contributed by atoms with Gasteiger partial charge < -0.3 is 15.0 Å². The summed E-state index contributed by atoms with van der Waals surface area (Å²) in [6.07, 6.45) is 5.42. The van der Waals surface area contributed by atoms with E-state index < -0.39 is 0 Å². The van der Waals surface area contributed by atoms with Crippen molar-refractivity contribution in [2.24, 2.45) is 0 Å². The summed E-state index contributed by atoms with van der Waals surface area (Å²) in [5, 5.41) is 0. The minimum Gasteiger partial charge on any atom is -0.497 e. The predicted molar refractivity (Wildman–Crippen MR) is 81.5 cm³/mol. The molecule has 4 nitrogen and oxygen atoms in total. The van der Waals surface area contributed by atoms with Crippen LogP contribution in [0.3, 0.4) is 0 Å². The first-order valence-electron chi connectivity index (χ1n) is 6.52. The quantitative estimate of drug-likeness (QED) is 0.868. The molecule has 0 amide bonds. The van der Waals surface area contributed by atoms with Gasteiger partial charge in [0.25, 0.3) is 0 Å². The predicted octanol–water partition coefficient (Wildman–Crippen LogP) is 2.90. The van der Waals surface area contributed by atoms with Gasteiger partial charge in [-0.3, -0.25) is 0 Å². The van der Waals surface area contributed by atoms with Crippen LogP contribution in [0.4, 0.5) is 5.82 Å². The molecule has 0 saturated heterocycles. The van der Waals surface area contributed by atoms with Gasteiger partial charge in [0.15, 0.2) is 0 Å². The van der Waals surface area contributed by atoms with Crippen molar-refractivity contribution in [2.75, 3.05) is 12.8 Å². The molecule has 2 aromatic rings. The van der Waals surface area contributed by atoms with Crippen LogP contribution in [0.5, 0.6) is 5.75 Å². The van der Waals surface area contributed by atoms with Crippen LogP contribution in [-0.4, -0.2) is 16.7 Å². The monoisotopic (exact) mass is 269 g/mol. The van der Waals surface area contributed by atoms with Gasteiger partial charge in [-0.05, 0) is 12.1 Å². The Balaban J connectivity index is 2.57. The fraction of sp³-hybridized carbons (Fsp3) is 0.312. The summed E-state index contributed by atoms with van der Waals surface area (Å²) in [7, 11) is 1.64. The van der Waals surface area contributed by atoms with Crippen LogP contribution in [0.15, 0.2) is 24.3 Å². The van der Waals surface area contributed by atoms with Crippen LogP contribution in [0.1, 0.15) is 25.6 Å². The van der Waals surface area contributed by atoms with E-state index in [-0.39, 0.29) is 5.92 Å². The molecule has 104 valence electrons.